The van der Waals surface area contributed by atoms with E-state index < -0.39 is 21.7 Å². The lowest BCUT2D eigenvalue weighted by Gasteiger charge is -2.09. The van der Waals surface area contributed by atoms with Gasteiger partial charge in [0.1, 0.15) is 17.7 Å². The molecular weight excluding hydrogens is 322 g/mol. The Hall–Kier alpha value is -2.17. The van der Waals surface area contributed by atoms with Gasteiger partial charge in [0.25, 0.3) is 10.0 Å². The van der Waals surface area contributed by atoms with Gasteiger partial charge in [-0.15, -0.1) is 0 Å². The molecule has 0 unspecified atom stereocenters. The van der Waals surface area contributed by atoms with Gasteiger partial charge < -0.3 is 0 Å². The van der Waals surface area contributed by atoms with Gasteiger partial charge in [-0.1, -0.05) is 11.6 Å². The van der Waals surface area contributed by atoms with Crippen molar-refractivity contribution in [3.05, 3.63) is 58.6 Å². The monoisotopic (exact) mass is 328 g/mol. The van der Waals surface area contributed by atoms with Gasteiger partial charge in [-0.25, -0.2) is 17.2 Å². The third-order valence-corrected chi connectivity index (χ3v) is 4.18. The number of anilines is 1. The van der Waals surface area contributed by atoms with E-state index in [0.717, 1.165) is 18.2 Å². The average molecular weight is 329 g/mol. The highest BCUT2D eigenvalue weighted by Crippen LogP contribution is 2.23. The first-order chi connectivity index (χ1) is 9.81. The molecule has 0 radical (unpaired) electrons. The van der Waals surface area contributed by atoms with E-state index in [1.54, 1.807) is 6.07 Å². The Morgan fingerprint density at radius 1 is 1.10 bits per heavy atom. The molecule has 2 aromatic carbocycles. The molecule has 2 rings (SSSR count). The van der Waals surface area contributed by atoms with Crippen molar-refractivity contribution in [2.24, 2.45) is 0 Å². The van der Waals surface area contributed by atoms with Crippen LogP contribution in [0, 0.1) is 23.0 Å². The molecule has 8 heteroatoms. The molecule has 0 saturated heterocycles. The molecule has 0 bridgehead atoms. The second kappa shape index (κ2) is 5.68. The van der Waals surface area contributed by atoms with Crippen molar-refractivity contribution in [3.63, 3.8) is 0 Å². The SMILES string of the molecule is N#Cc1ccc(S(=O)(=O)Nc2cc(F)cc(F)c2)cc1Cl. The normalized spacial score (nSPS) is 11.0. The predicted molar refractivity (Wildman–Crippen MR) is 73.3 cm³/mol. The molecule has 0 heterocycles. The average Bonchev–Trinajstić information content (AvgIpc) is 2.36. The topological polar surface area (TPSA) is 70.0 Å². The van der Waals surface area contributed by atoms with Crippen molar-refractivity contribution in [1.29, 1.82) is 5.26 Å². The van der Waals surface area contributed by atoms with Crippen molar-refractivity contribution in [1.82, 2.24) is 0 Å². The fourth-order valence-electron chi connectivity index (χ4n) is 1.58. The van der Waals surface area contributed by atoms with Crippen molar-refractivity contribution in [2.45, 2.75) is 4.90 Å². The summed E-state index contributed by atoms with van der Waals surface area (Å²) in [7, 11) is -4.07. The zero-order valence-corrected chi connectivity index (χ0v) is 11.8. The molecule has 0 atom stereocenters. The molecule has 0 saturated carbocycles. The first-order valence-electron chi connectivity index (χ1n) is 5.50. The fraction of sp³-hybridized carbons (Fsp3) is 0. The van der Waals surface area contributed by atoms with Crippen LogP contribution in [0.3, 0.4) is 0 Å². The van der Waals surface area contributed by atoms with E-state index >= 15 is 0 Å². The van der Waals surface area contributed by atoms with Crippen LogP contribution in [0.1, 0.15) is 5.56 Å². The van der Waals surface area contributed by atoms with E-state index in [1.807, 2.05) is 4.72 Å². The highest BCUT2D eigenvalue weighted by Gasteiger charge is 2.16. The van der Waals surface area contributed by atoms with Gasteiger partial charge in [-0.3, -0.25) is 4.72 Å². The van der Waals surface area contributed by atoms with E-state index in [4.69, 9.17) is 16.9 Å². The molecule has 2 aromatic rings. The lowest BCUT2D eigenvalue weighted by atomic mass is 10.2. The number of hydrogen-bond acceptors (Lipinski definition) is 3. The highest BCUT2D eigenvalue weighted by molar-refractivity contribution is 7.92. The molecule has 0 amide bonds. The summed E-state index contributed by atoms with van der Waals surface area (Å²) in [5.74, 6) is -1.82. The Morgan fingerprint density at radius 3 is 2.24 bits per heavy atom. The minimum atomic E-state index is -4.07. The zero-order chi connectivity index (χ0) is 15.6. The summed E-state index contributed by atoms with van der Waals surface area (Å²) in [4.78, 5) is -0.226. The number of nitriles is 1. The van der Waals surface area contributed by atoms with Crippen LogP contribution in [0.2, 0.25) is 5.02 Å². The van der Waals surface area contributed by atoms with Gasteiger partial charge in [0.15, 0.2) is 0 Å². The molecule has 108 valence electrons. The third-order valence-electron chi connectivity index (χ3n) is 2.49. The van der Waals surface area contributed by atoms with Gasteiger partial charge in [-0.2, -0.15) is 5.26 Å². The van der Waals surface area contributed by atoms with Crippen LogP contribution in [0.5, 0.6) is 0 Å². The maximum Gasteiger partial charge on any atom is 0.261 e. The summed E-state index contributed by atoms with van der Waals surface area (Å²) < 4.78 is 52.3. The lowest BCUT2D eigenvalue weighted by Crippen LogP contribution is -2.13. The van der Waals surface area contributed by atoms with Crippen molar-refractivity contribution >= 4 is 27.3 Å². The molecule has 0 fully saturated rings. The largest absolute Gasteiger partial charge is 0.279 e. The summed E-state index contributed by atoms with van der Waals surface area (Å²) >= 11 is 5.75. The van der Waals surface area contributed by atoms with Gasteiger partial charge >= 0.3 is 0 Å². The standard InChI is InChI=1S/C13H7ClF2N2O2S/c14-13-6-12(2-1-8(13)7-17)21(19,20)18-11-4-9(15)3-10(16)5-11/h1-6,18H. The van der Waals surface area contributed by atoms with Crippen molar-refractivity contribution in [2.75, 3.05) is 4.72 Å². The van der Waals surface area contributed by atoms with Crippen LogP contribution in [0.15, 0.2) is 41.3 Å². The first kappa shape index (κ1) is 15.2. The molecule has 21 heavy (non-hydrogen) atoms. The predicted octanol–water partition coefficient (Wildman–Crippen LogP) is 3.29. The lowest BCUT2D eigenvalue weighted by molar-refractivity contribution is 0.584. The van der Waals surface area contributed by atoms with Crippen LogP contribution < -0.4 is 4.72 Å². The van der Waals surface area contributed by atoms with Crippen LogP contribution >= 0.6 is 11.6 Å². The third kappa shape index (κ3) is 3.48. The minimum absolute atomic E-state index is 0.0363. The van der Waals surface area contributed by atoms with E-state index in [1.165, 1.54) is 12.1 Å². The van der Waals surface area contributed by atoms with Crippen LogP contribution in [-0.2, 0) is 10.0 Å². The molecule has 0 spiro atoms. The molecule has 0 aliphatic heterocycles. The minimum Gasteiger partial charge on any atom is -0.279 e. The number of benzene rings is 2. The maximum atomic E-state index is 13.0. The number of nitrogens with zero attached hydrogens (tertiary/aromatic N) is 1. The van der Waals surface area contributed by atoms with Gasteiger partial charge in [0.05, 0.1) is 21.2 Å². The number of halogens is 3. The molecule has 4 nitrogen and oxygen atoms in total. The molecule has 0 aromatic heterocycles. The van der Waals surface area contributed by atoms with E-state index in [2.05, 4.69) is 0 Å². The second-order valence-corrected chi connectivity index (χ2v) is 6.11. The van der Waals surface area contributed by atoms with E-state index in [9.17, 15) is 17.2 Å². The van der Waals surface area contributed by atoms with Crippen LogP contribution in [-0.4, -0.2) is 8.42 Å². The van der Waals surface area contributed by atoms with E-state index in [0.29, 0.717) is 6.07 Å². The van der Waals surface area contributed by atoms with Gasteiger partial charge in [0.2, 0.25) is 0 Å². The Kier molecular flexibility index (Phi) is 4.11. The quantitative estimate of drug-likeness (QED) is 0.939. The Balaban J connectivity index is 2.39. The van der Waals surface area contributed by atoms with Gasteiger partial charge in [-0.05, 0) is 30.3 Å². The summed E-state index contributed by atoms with van der Waals surface area (Å²) in [6.45, 7) is 0. The Bertz CT molecular complexity index is 827. The molecule has 1 N–H and O–H groups in total. The smallest absolute Gasteiger partial charge is 0.261 e. The summed E-state index contributed by atoms with van der Waals surface area (Å²) in [5, 5.41) is 8.69. The second-order valence-electron chi connectivity index (χ2n) is 4.02. The van der Waals surface area contributed by atoms with Crippen LogP contribution in [0.4, 0.5) is 14.5 Å². The zero-order valence-electron chi connectivity index (χ0n) is 10.3. The summed E-state index contributed by atoms with van der Waals surface area (Å²) in [6, 6.07) is 7.58. The number of hydrogen-bond donors (Lipinski definition) is 1. The van der Waals surface area contributed by atoms with Gasteiger partial charge in [0, 0.05) is 6.07 Å². The molecular formula is C13H7ClF2N2O2S. The summed E-state index contributed by atoms with van der Waals surface area (Å²) in [6.07, 6.45) is 0. The maximum absolute atomic E-state index is 13.0. The number of rotatable bonds is 3. The van der Waals surface area contributed by atoms with E-state index in [-0.39, 0.29) is 21.2 Å². The fourth-order valence-corrected chi connectivity index (χ4v) is 2.93. The summed E-state index contributed by atoms with van der Waals surface area (Å²) in [5.41, 5.74) is -0.139. The first-order valence-corrected chi connectivity index (χ1v) is 7.36. The highest BCUT2D eigenvalue weighted by atomic mass is 35.5. The number of sulfonamides is 1. The Morgan fingerprint density at radius 2 is 1.71 bits per heavy atom. The van der Waals surface area contributed by atoms with Crippen LogP contribution in [0.25, 0.3) is 0 Å². The Labute approximate surface area is 124 Å². The van der Waals surface area contributed by atoms with Crippen molar-refractivity contribution < 1.29 is 17.2 Å². The van der Waals surface area contributed by atoms with Crippen molar-refractivity contribution in [3.8, 4) is 6.07 Å². The number of nitrogens with one attached hydrogen (secondary N) is 1. The molecule has 0 aliphatic carbocycles. The molecule has 0 aliphatic rings.